The molecule has 1 unspecified atom stereocenters. The minimum atomic E-state index is -0.713. The van der Waals surface area contributed by atoms with Gasteiger partial charge in [0.1, 0.15) is 17.6 Å². The van der Waals surface area contributed by atoms with Crippen molar-refractivity contribution >= 4 is 27.7 Å². The predicted octanol–water partition coefficient (Wildman–Crippen LogP) is 5.03. The number of hydrogen-bond donors (Lipinski definition) is 1. The van der Waals surface area contributed by atoms with Crippen LogP contribution >= 0.6 is 15.9 Å². The first kappa shape index (κ1) is 24.9. The zero-order chi connectivity index (χ0) is 23.1. The Morgan fingerprint density at radius 2 is 1.71 bits per heavy atom. The molecule has 1 atom stereocenters. The van der Waals surface area contributed by atoms with Crippen LogP contribution in [0.25, 0.3) is 0 Å². The molecule has 0 aliphatic heterocycles. The summed E-state index contributed by atoms with van der Waals surface area (Å²) in [5.41, 5.74) is 1.88. The molecule has 0 spiro atoms. The van der Waals surface area contributed by atoms with Gasteiger partial charge >= 0.3 is 0 Å². The van der Waals surface area contributed by atoms with Gasteiger partial charge in [0.25, 0.3) is 5.91 Å². The van der Waals surface area contributed by atoms with Crippen molar-refractivity contribution in [2.24, 2.45) is 0 Å². The van der Waals surface area contributed by atoms with Crippen LogP contribution in [0, 0.1) is 5.82 Å². The van der Waals surface area contributed by atoms with E-state index in [1.54, 1.807) is 19.1 Å². The quantitative estimate of drug-likeness (QED) is 0.533. The largest absolute Gasteiger partial charge is 0.483 e. The van der Waals surface area contributed by atoms with E-state index in [1.807, 2.05) is 32.0 Å². The Hall–Kier alpha value is -2.41. The average Bonchev–Trinajstić information content (AvgIpc) is 2.71. The Morgan fingerprint density at radius 3 is 2.26 bits per heavy atom. The van der Waals surface area contributed by atoms with Crippen LogP contribution in [0.1, 0.15) is 51.7 Å². The fourth-order valence-corrected chi connectivity index (χ4v) is 3.50. The fraction of sp³-hybridized carbons (Fsp3) is 0.417. The summed E-state index contributed by atoms with van der Waals surface area (Å²) in [6.45, 7) is 9.54. The topological polar surface area (TPSA) is 58.6 Å². The fourth-order valence-electron chi connectivity index (χ4n) is 2.99. The van der Waals surface area contributed by atoms with Gasteiger partial charge in [-0.2, -0.15) is 0 Å². The van der Waals surface area contributed by atoms with Crippen molar-refractivity contribution in [3.05, 3.63) is 63.9 Å². The predicted molar refractivity (Wildman–Crippen MR) is 123 cm³/mol. The molecule has 7 heteroatoms. The summed E-state index contributed by atoms with van der Waals surface area (Å²) in [5, 5.41) is 2.83. The van der Waals surface area contributed by atoms with Gasteiger partial charge in [0.15, 0.2) is 6.61 Å². The van der Waals surface area contributed by atoms with Gasteiger partial charge in [-0.1, -0.05) is 32.0 Å². The molecule has 2 amide bonds. The first-order valence-electron chi connectivity index (χ1n) is 10.3. The zero-order valence-electron chi connectivity index (χ0n) is 18.6. The third-order valence-corrected chi connectivity index (χ3v) is 5.46. The van der Waals surface area contributed by atoms with Gasteiger partial charge in [-0.05, 0) is 78.0 Å². The molecule has 31 heavy (non-hydrogen) atoms. The molecular weight excluding hydrogens is 463 g/mol. The molecule has 5 nitrogen and oxygen atoms in total. The summed E-state index contributed by atoms with van der Waals surface area (Å²) in [7, 11) is 0. The molecule has 0 aromatic heterocycles. The lowest BCUT2D eigenvalue weighted by molar-refractivity contribution is -0.142. The summed E-state index contributed by atoms with van der Waals surface area (Å²) < 4.78 is 19.8. The number of carbonyl (C=O) groups is 2. The molecule has 0 heterocycles. The number of carbonyl (C=O) groups excluding carboxylic acids is 2. The van der Waals surface area contributed by atoms with Gasteiger partial charge in [0.2, 0.25) is 5.91 Å². The molecule has 0 aliphatic rings. The highest BCUT2D eigenvalue weighted by Gasteiger charge is 2.27. The van der Waals surface area contributed by atoms with Gasteiger partial charge in [-0.15, -0.1) is 0 Å². The third-order valence-electron chi connectivity index (χ3n) is 4.84. The molecule has 0 saturated carbocycles. The highest BCUT2D eigenvalue weighted by atomic mass is 79.9. The van der Waals surface area contributed by atoms with Crippen LogP contribution < -0.4 is 10.1 Å². The highest BCUT2D eigenvalue weighted by Crippen LogP contribution is 2.29. The van der Waals surface area contributed by atoms with Gasteiger partial charge in [0.05, 0.1) is 4.47 Å². The smallest absolute Gasteiger partial charge is 0.261 e. The third kappa shape index (κ3) is 7.35. The van der Waals surface area contributed by atoms with E-state index in [-0.39, 0.29) is 36.8 Å². The van der Waals surface area contributed by atoms with Crippen LogP contribution in [0.4, 0.5) is 4.39 Å². The summed E-state index contributed by atoms with van der Waals surface area (Å²) in [6.07, 6.45) is 0. The van der Waals surface area contributed by atoms with Gasteiger partial charge in [-0.25, -0.2) is 4.39 Å². The molecule has 168 valence electrons. The minimum Gasteiger partial charge on any atom is -0.483 e. The number of hydrogen-bond acceptors (Lipinski definition) is 3. The van der Waals surface area contributed by atoms with Crippen molar-refractivity contribution in [3.8, 4) is 5.75 Å². The van der Waals surface area contributed by atoms with E-state index in [1.165, 1.54) is 17.0 Å². The molecule has 0 bridgehead atoms. The monoisotopic (exact) mass is 492 g/mol. The molecule has 2 rings (SSSR count). The maximum absolute atomic E-state index is 13.3. The highest BCUT2D eigenvalue weighted by molar-refractivity contribution is 9.10. The summed E-state index contributed by atoms with van der Waals surface area (Å²) in [6, 6.07) is 10.9. The second kappa shape index (κ2) is 11.3. The van der Waals surface area contributed by atoms with Crippen molar-refractivity contribution in [1.82, 2.24) is 10.2 Å². The number of benzene rings is 2. The Bertz CT molecular complexity index is 900. The van der Waals surface area contributed by atoms with E-state index in [4.69, 9.17) is 4.74 Å². The second-order valence-corrected chi connectivity index (χ2v) is 8.97. The zero-order valence-corrected chi connectivity index (χ0v) is 20.2. The first-order chi connectivity index (χ1) is 14.6. The number of ether oxygens (including phenoxy) is 1. The minimum absolute atomic E-state index is 0.0515. The average molecular weight is 493 g/mol. The van der Waals surface area contributed by atoms with Crippen LogP contribution in [-0.4, -0.2) is 35.4 Å². The van der Waals surface area contributed by atoms with E-state index in [0.29, 0.717) is 11.7 Å². The van der Waals surface area contributed by atoms with Crippen molar-refractivity contribution < 1.29 is 18.7 Å². The van der Waals surface area contributed by atoms with Crippen LogP contribution in [0.5, 0.6) is 5.75 Å². The van der Waals surface area contributed by atoms with Crippen LogP contribution in [-0.2, 0) is 16.1 Å². The van der Waals surface area contributed by atoms with Crippen LogP contribution in [0.15, 0.2) is 46.9 Å². The lowest BCUT2D eigenvalue weighted by atomic mass is 10.0. The maximum atomic E-state index is 13.3. The van der Waals surface area contributed by atoms with E-state index < -0.39 is 6.04 Å². The van der Waals surface area contributed by atoms with Crippen LogP contribution in [0.3, 0.4) is 0 Å². The van der Waals surface area contributed by atoms with Gasteiger partial charge in [-0.3, -0.25) is 9.59 Å². The number of nitrogens with one attached hydrogen (secondary N) is 1. The number of halogens is 2. The Labute approximate surface area is 192 Å². The number of rotatable bonds is 9. The van der Waals surface area contributed by atoms with E-state index >= 15 is 0 Å². The van der Waals surface area contributed by atoms with Crippen molar-refractivity contribution in [1.29, 1.82) is 0 Å². The molecule has 0 radical (unpaired) electrons. The lowest BCUT2D eigenvalue weighted by Gasteiger charge is -2.29. The van der Waals surface area contributed by atoms with E-state index in [0.717, 1.165) is 15.6 Å². The van der Waals surface area contributed by atoms with Crippen molar-refractivity contribution in [3.63, 3.8) is 0 Å². The molecule has 2 aromatic rings. The Kier molecular flexibility index (Phi) is 9.04. The molecule has 0 saturated heterocycles. The second-order valence-electron chi connectivity index (χ2n) is 8.12. The van der Waals surface area contributed by atoms with Gasteiger partial charge < -0.3 is 15.0 Å². The Balaban J connectivity index is 2.16. The summed E-state index contributed by atoms with van der Waals surface area (Å²) >= 11 is 3.49. The SMILES string of the molecule is CC(C)NC(=O)C(C)N(Cc1ccc(F)cc1)C(=O)COc1ccc(C(C)C)cc1Br. The normalized spacial score (nSPS) is 12.0. The molecule has 2 aromatic carbocycles. The van der Waals surface area contributed by atoms with Crippen molar-refractivity contribution in [2.75, 3.05) is 6.61 Å². The molecular formula is C24H30BrFN2O3. The summed E-state index contributed by atoms with van der Waals surface area (Å²) in [4.78, 5) is 27.0. The first-order valence-corrected chi connectivity index (χ1v) is 11.1. The summed E-state index contributed by atoms with van der Waals surface area (Å²) in [5.74, 6) is -0.0222. The Morgan fingerprint density at radius 1 is 1.06 bits per heavy atom. The molecule has 1 N–H and O–H groups in total. The van der Waals surface area contributed by atoms with Crippen molar-refractivity contribution in [2.45, 2.75) is 59.2 Å². The lowest BCUT2D eigenvalue weighted by Crippen LogP contribution is -2.50. The van der Waals surface area contributed by atoms with E-state index in [2.05, 4.69) is 35.1 Å². The number of amides is 2. The molecule has 0 fully saturated rings. The standard InChI is InChI=1S/C24H30BrFN2O3/c1-15(2)19-8-11-22(21(25)12-19)31-14-23(29)28(17(5)24(30)27-16(3)4)13-18-6-9-20(26)10-7-18/h6-12,15-17H,13-14H2,1-5H3,(H,27,30). The number of nitrogens with zero attached hydrogens (tertiary/aromatic N) is 1. The maximum Gasteiger partial charge on any atom is 0.261 e. The molecule has 0 aliphatic carbocycles. The van der Waals surface area contributed by atoms with Gasteiger partial charge in [0, 0.05) is 12.6 Å². The van der Waals surface area contributed by atoms with E-state index in [9.17, 15) is 14.0 Å². The van der Waals surface area contributed by atoms with Crippen LogP contribution in [0.2, 0.25) is 0 Å².